The summed E-state index contributed by atoms with van der Waals surface area (Å²) in [5.74, 6) is 0. The summed E-state index contributed by atoms with van der Waals surface area (Å²) in [5.41, 5.74) is 3.08. The Morgan fingerprint density at radius 1 is 1.18 bits per heavy atom. The summed E-state index contributed by atoms with van der Waals surface area (Å²) < 4.78 is 0.900. The molecule has 0 unspecified atom stereocenters. The third-order valence-electron chi connectivity index (χ3n) is 3.36. The van der Waals surface area contributed by atoms with Crippen LogP contribution in [0.2, 0.25) is 0 Å². The molecule has 2 rings (SSSR count). The summed E-state index contributed by atoms with van der Waals surface area (Å²) in [4.78, 5) is 14.4. The first kappa shape index (κ1) is 16.6. The zero-order valence-electron chi connectivity index (χ0n) is 13.0. The Labute approximate surface area is 140 Å². The molecule has 0 aromatic heterocycles. The monoisotopic (exact) mass is 360 g/mol. The predicted molar refractivity (Wildman–Crippen MR) is 95.0 cm³/mol. The second-order valence-corrected chi connectivity index (χ2v) is 6.17. The van der Waals surface area contributed by atoms with E-state index < -0.39 is 0 Å². The number of rotatable bonds is 5. The number of carbonyl (C=O) groups is 1. The molecule has 22 heavy (non-hydrogen) atoms. The quantitative estimate of drug-likeness (QED) is 0.780. The van der Waals surface area contributed by atoms with Crippen molar-refractivity contribution in [2.24, 2.45) is 0 Å². The molecule has 1 N–H and O–H groups in total. The van der Waals surface area contributed by atoms with Crippen molar-refractivity contribution < 1.29 is 4.79 Å². The number of benzene rings is 2. The molecule has 2 amide bonds. The highest BCUT2D eigenvalue weighted by atomic mass is 79.9. The molecule has 0 heterocycles. The van der Waals surface area contributed by atoms with E-state index in [0.29, 0.717) is 6.54 Å². The maximum Gasteiger partial charge on any atom is 0.322 e. The van der Waals surface area contributed by atoms with Crippen LogP contribution >= 0.6 is 15.9 Å². The van der Waals surface area contributed by atoms with Crippen molar-refractivity contribution >= 4 is 27.6 Å². The molecule has 0 fully saturated rings. The molecule has 0 aliphatic heterocycles. The molecule has 2 aromatic carbocycles. The van der Waals surface area contributed by atoms with Crippen LogP contribution in [0.4, 0.5) is 10.5 Å². The van der Waals surface area contributed by atoms with Crippen LogP contribution in [-0.2, 0) is 6.54 Å². The van der Waals surface area contributed by atoms with Crippen molar-refractivity contribution in [3.63, 3.8) is 0 Å². The van der Waals surface area contributed by atoms with E-state index >= 15 is 0 Å². The van der Waals surface area contributed by atoms with Crippen molar-refractivity contribution in [3.8, 4) is 0 Å². The summed E-state index contributed by atoms with van der Waals surface area (Å²) in [6.07, 6.45) is 0.926. The van der Waals surface area contributed by atoms with Crippen LogP contribution in [0.25, 0.3) is 0 Å². The number of urea groups is 1. The second-order valence-electron chi connectivity index (χ2n) is 5.32. The van der Waals surface area contributed by atoms with Gasteiger partial charge in [0.1, 0.15) is 0 Å². The van der Waals surface area contributed by atoms with Crippen LogP contribution < -0.4 is 5.32 Å². The van der Waals surface area contributed by atoms with E-state index in [1.54, 1.807) is 0 Å². The fraction of sp³-hybridized carbons (Fsp3) is 0.278. The Kier molecular flexibility index (Phi) is 6.01. The summed E-state index contributed by atoms with van der Waals surface area (Å²) in [6, 6.07) is 15.9. The van der Waals surface area contributed by atoms with Crippen LogP contribution in [0.15, 0.2) is 53.0 Å². The van der Waals surface area contributed by atoms with Crippen molar-refractivity contribution in [1.29, 1.82) is 0 Å². The summed E-state index contributed by atoms with van der Waals surface area (Å²) in [7, 11) is 0. The van der Waals surface area contributed by atoms with E-state index in [9.17, 15) is 4.79 Å². The van der Waals surface area contributed by atoms with Gasteiger partial charge in [-0.25, -0.2) is 4.79 Å². The maximum atomic E-state index is 12.5. The number of aryl methyl sites for hydroxylation is 1. The van der Waals surface area contributed by atoms with Gasteiger partial charge in [0.25, 0.3) is 0 Å². The normalized spacial score (nSPS) is 10.3. The highest BCUT2D eigenvalue weighted by Gasteiger charge is 2.14. The Morgan fingerprint density at radius 2 is 1.91 bits per heavy atom. The molecule has 0 spiro atoms. The molecule has 0 aliphatic rings. The number of nitrogens with zero attached hydrogens (tertiary/aromatic N) is 1. The van der Waals surface area contributed by atoms with Crippen molar-refractivity contribution in [2.45, 2.75) is 26.8 Å². The summed E-state index contributed by atoms with van der Waals surface area (Å²) in [5, 5.41) is 2.98. The fourth-order valence-electron chi connectivity index (χ4n) is 2.24. The van der Waals surface area contributed by atoms with Gasteiger partial charge >= 0.3 is 6.03 Å². The van der Waals surface area contributed by atoms with Gasteiger partial charge in [-0.2, -0.15) is 0 Å². The summed E-state index contributed by atoms with van der Waals surface area (Å²) >= 11 is 3.50. The number of halogens is 1. The third kappa shape index (κ3) is 4.60. The molecule has 2 aromatic rings. The molecule has 0 bridgehead atoms. The van der Waals surface area contributed by atoms with Crippen LogP contribution in [0.5, 0.6) is 0 Å². The Bertz CT molecular complexity index is 628. The third-order valence-corrected chi connectivity index (χ3v) is 4.02. The highest BCUT2D eigenvalue weighted by Crippen LogP contribution is 2.23. The molecule has 0 atom stereocenters. The van der Waals surface area contributed by atoms with Crippen molar-refractivity contribution in [3.05, 3.63) is 64.1 Å². The molecule has 0 radical (unpaired) electrons. The topological polar surface area (TPSA) is 32.3 Å². The Hall–Kier alpha value is -1.81. The van der Waals surface area contributed by atoms with Crippen molar-refractivity contribution in [1.82, 2.24) is 4.90 Å². The van der Waals surface area contributed by atoms with Gasteiger partial charge in [-0.3, -0.25) is 0 Å². The zero-order chi connectivity index (χ0) is 15.9. The van der Waals surface area contributed by atoms with Gasteiger partial charge in [-0.1, -0.05) is 43.3 Å². The van der Waals surface area contributed by atoms with Crippen LogP contribution in [0, 0.1) is 6.92 Å². The number of amides is 2. The van der Waals surface area contributed by atoms with E-state index in [1.165, 1.54) is 0 Å². The van der Waals surface area contributed by atoms with Gasteiger partial charge < -0.3 is 10.2 Å². The molecule has 0 aliphatic carbocycles. The van der Waals surface area contributed by atoms with E-state index in [1.807, 2.05) is 60.4 Å². The lowest BCUT2D eigenvalue weighted by Crippen LogP contribution is -2.35. The second kappa shape index (κ2) is 7.99. The number of nitrogens with one attached hydrogen (secondary N) is 1. The molecule has 4 heteroatoms. The molecular formula is C18H21BrN2O. The minimum atomic E-state index is -0.0738. The van der Waals surface area contributed by atoms with Gasteiger partial charge in [0.2, 0.25) is 0 Å². The van der Waals surface area contributed by atoms with E-state index in [-0.39, 0.29) is 6.03 Å². The average molecular weight is 361 g/mol. The lowest BCUT2D eigenvalue weighted by Gasteiger charge is -2.23. The standard InChI is InChI=1S/C18H21BrN2O/c1-3-11-21(13-15-7-5-4-6-8-15)18(22)20-17-10-9-14(2)12-16(17)19/h4-10,12H,3,11,13H2,1-2H3,(H,20,22). The number of carbonyl (C=O) groups excluding carboxylic acids is 1. The first-order chi connectivity index (χ1) is 10.6. The van der Waals surface area contributed by atoms with Gasteiger partial charge in [-0.05, 0) is 52.5 Å². The first-order valence-corrected chi connectivity index (χ1v) is 8.25. The molecular weight excluding hydrogens is 340 g/mol. The van der Waals surface area contributed by atoms with E-state index in [4.69, 9.17) is 0 Å². The zero-order valence-corrected chi connectivity index (χ0v) is 14.6. The van der Waals surface area contributed by atoms with E-state index in [0.717, 1.165) is 34.3 Å². The van der Waals surface area contributed by atoms with Crippen LogP contribution in [0.1, 0.15) is 24.5 Å². The average Bonchev–Trinajstić information content (AvgIpc) is 2.50. The Balaban J connectivity index is 2.09. The maximum absolute atomic E-state index is 12.5. The molecule has 0 saturated carbocycles. The minimum Gasteiger partial charge on any atom is -0.320 e. The number of hydrogen-bond donors (Lipinski definition) is 1. The molecule has 3 nitrogen and oxygen atoms in total. The van der Waals surface area contributed by atoms with Crippen LogP contribution in [-0.4, -0.2) is 17.5 Å². The molecule has 116 valence electrons. The Morgan fingerprint density at radius 3 is 2.55 bits per heavy atom. The predicted octanol–water partition coefficient (Wildman–Crippen LogP) is 5.20. The highest BCUT2D eigenvalue weighted by molar-refractivity contribution is 9.10. The van der Waals surface area contributed by atoms with Crippen molar-refractivity contribution in [2.75, 3.05) is 11.9 Å². The van der Waals surface area contributed by atoms with Gasteiger partial charge in [-0.15, -0.1) is 0 Å². The number of hydrogen-bond acceptors (Lipinski definition) is 1. The number of anilines is 1. The SMILES string of the molecule is CCCN(Cc1ccccc1)C(=O)Nc1ccc(C)cc1Br. The van der Waals surface area contributed by atoms with Crippen LogP contribution in [0.3, 0.4) is 0 Å². The lowest BCUT2D eigenvalue weighted by molar-refractivity contribution is 0.209. The largest absolute Gasteiger partial charge is 0.322 e. The van der Waals surface area contributed by atoms with Gasteiger partial charge in [0.15, 0.2) is 0 Å². The summed E-state index contributed by atoms with van der Waals surface area (Å²) in [6.45, 7) is 5.44. The molecule has 0 saturated heterocycles. The fourth-order valence-corrected chi connectivity index (χ4v) is 2.83. The van der Waals surface area contributed by atoms with Gasteiger partial charge in [0.05, 0.1) is 5.69 Å². The van der Waals surface area contributed by atoms with Gasteiger partial charge in [0, 0.05) is 17.6 Å². The lowest BCUT2D eigenvalue weighted by atomic mass is 10.2. The minimum absolute atomic E-state index is 0.0738. The van der Waals surface area contributed by atoms with E-state index in [2.05, 4.69) is 28.2 Å². The first-order valence-electron chi connectivity index (χ1n) is 7.46. The smallest absolute Gasteiger partial charge is 0.320 e.